The first-order valence-corrected chi connectivity index (χ1v) is 37.5. The molecule has 0 aliphatic carbocycles. The fraction of sp³-hybridized carbons (Fsp3) is 0. The number of rotatable bonds is 7. The number of fused-ring (bicyclic) bond motifs is 18. The van der Waals surface area contributed by atoms with Gasteiger partial charge in [0.15, 0.2) is 0 Å². The maximum absolute atomic E-state index is 2.53. The second-order valence-corrected chi connectivity index (χ2v) is 31.0. The molecule has 4 heteroatoms. The van der Waals surface area contributed by atoms with Crippen molar-refractivity contribution in [1.82, 2.24) is 0 Å². The van der Waals surface area contributed by atoms with E-state index in [1.807, 2.05) is 45.3 Å². The molecule has 0 atom stereocenters. The molecule has 0 spiro atoms. The van der Waals surface area contributed by atoms with Crippen molar-refractivity contribution in [3.8, 4) is 77.9 Å². The highest BCUT2D eigenvalue weighted by atomic mass is 32.1. The van der Waals surface area contributed by atoms with Crippen LogP contribution in [-0.4, -0.2) is 0 Å². The van der Waals surface area contributed by atoms with E-state index in [0.717, 1.165) is 0 Å². The first-order chi connectivity index (χ1) is 49.6. The Morgan fingerprint density at radius 2 is 0.490 bits per heavy atom. The summed E-state index contributed by atoms with van der Waals surface area (Å²) >= 11 is 7.61. The van der Waals surface area contributed by atoms with Crippen molar-refractivity contribution in [2.75, 3.05) is 0 Å². The predicted octanol–water partition coefficient (Wildman–Crippen LogP) is 29.7. The van der Waals surface area contributed by atoms with Crippen molar-refractivity contribution < 1.29 is 0 Å². The van der Waals surface area contributed by atoms with Gasteiger partial charge in [0.2, 0.25) is 0 Å². The van der Waals surface area contributed by atoms with Gasteiger partial charge in [-0.2, -0.15) is 0 Å². The smallest absolute Gasteiger partial charge is 0.0440 e. The molecule has 0 N–H and O–H groups in total. The molecule has 0 fully saturated rings. The first-order valence-electron chi connectivity index (χ1n) is 34.3. The maximum Gasteiger partial charge on any atom is 0.0440 e. The summed E-state index contributed by atoms with van der Waals surface area (Å²) in [5.74, 6) is 0. The SMILES string of the molecule is c1ccc2cc(-c3c4cccc(-c5cccc6sc7ccccc7c56)c4cc4c(-c5ccc(-c6ccc7ccc(-c8c9cccc(-c%10cccc%11c%10sc%10ccccc%10%11)c9cc9c(-c%10cccc%11c%10sc%10ccccc%10%11)cccc89)cc7c6)c6sc7ccccc7c56)cccc34)ccc2c1. The maximum atomic E-state index is 2.53. The lowest BCUT2D eigenvalue weighted by Crippen LogP contribution is -1.92. The summed E-state index contributed by atoms with van der Waals surface area (Å²) in [5.41, 5.74) is 17.4. The Hall–Kier alpha value is -11.6. The lowest BCUT2D eigenvalue weighted by Gasteiger charge is -2.19. The standard InChI is InChI=1S/C96H54S4/c1-2-19-57-50-59(46-43-55(57)18-1)90-70-28-11-24-63(69-32-17-41-89-92(69)79-22-5-9-39-87(79)97-89)81(70)53-82-64(25-12-29-71(82)90)74-49-48-62(96-93(74)80-23-6-10-40-88(80)100-96)58-45-42-56-44-47-60(52-61(56)51-58)91-72-30-13-26-65(75-33-15-35-77-67-20-3-7-37-85(67)98-94(75)77)83(72)54-84-66(27-14-31-73(84)91)76-34-16-36-78-68-21-4-8-38-86(68)99-95(76)78/h1-54H. The summed E-state index contributed by atoms with van der Waals surface area (Å²) in [6.45, 7) is 0. The van der Waals surface area contributed by atoms with Gasteiger partial charge >= 0.3 is 0 Å². The highest BCUT2D eigenvalue weighted by molar-refractivity contribution is 7.27. The Kier molecular flexibility index (Phi) is 12.4. The Morgan fingerprint density at radius 3 is 1.04 bits per heavy atom. The van der Waals surface area contributed by atoms with Gasteiger partial charge in [0.05, 0.1) is 0 Å². The number of hydrogen-bond acceptors (Lipinski definition) is 4. The van der Waals surface area contributed by atoms with Crippen LogP contribution in [0.2, 0.25) is 0 Å². The third kappa shape index (κ3) is 8.43. The fourth-order valence-corrected chi connectivity index (χ4v) is 21.9. The van der Waals surface area contributed by atoms with Gasteiger partial charge in [-0.25, -0.2) is 0 Å². The van der Waals surface area contributed by atoms with Crippen LogP contribution >= 0.6 is 45.3 Å². The molecule has 0 bridgehead atoms. The molecule has 18 aromatic carbocycles. The lowest BCUT2D eigenvalue weighted by atomic mass is 9.84. The van der Waals surface area contributed by atoms with Crippen LogP contribution in [0, 0.1) is 0 Å². The van der Waals surface area contributed by atoms with Crippen LogP contribution in [0.15, 0.2) is 328 Å². The molecule has 22 aromatic rings. The van der Waals surface area contributed by atoms with Crippen molar-refractivity contribution in [2.24, 2.45) is 0 Å². The normalized spacial score (nSPS) is 12.2. The molecule has 4 aromatic heterocycles. The van der Waals surface area contributed by atoms with E-state index in [1.165, 1.54) is 223 Å². The molecular formula is C96H54S4. The molecule has 0 saturated heterocycles. The van der Waals surface area contributed by atoms with Gasteiger partial charge in [-0.15, -0.1) is 45.3 Å². The minimum absolute atomic E-state index is 1.20. The third-order valence-electron chi connectivity index (χ3n) is 21.5. The zero-order chi connectivity index (χ0) is 65.3. The average Bonchev–Trinajstić information content (AvgIpc) is 1.12. The largest absolute Gasteiger partial charge is 0.135 e. The predicted molar refractivity (Wildman–Crippen MR) is 441 cm³/mol. The summed E-state index contributed by atoms with van der Waals surface area (Å²) in [4.78, 5) is 0. The lowest BCUT2D eigenvalue weighted by molar-refractivity contribution is 1.67. The van der Waals surface area contributed by atoms with E-state index in [9.17, 15) is 0 Å². The van der Waals surface area contributed by atoms with Gasteiger partial charge in [-0.1, -0.05) is 267 Å². The van der Waals surface area contributed by atoms with Gasteiger partial charge in [0.1, 0.15) is 0 Å². The third-order valence-corrected chi connectivity index (χ3v) is 26.2. The molecule has 462 valence electrons. The van der Waals surface area contributed by atoms with E-state index in [-0.39, 0.29) is 0 Å². The van der Waals surface area contributed by atoms with Crippen LogP contribution < -0.4 is 0 Å². The second-order valence-electron chi connectivity index (χ2n) is 26.7. The minimum Gasteiger partial charge on any atom is -0.135 e. The molecule has 0 unspecified atom stereocenters. The number of thiophene rings is 4. The summed E-state index contributed by atoms with van der Waals surface area (Å²) < 4.78 is 10.5. The zero-order valence-corrected chi connectivity index (χ0v) is 57.1. The zero-order valence-electron chi connectivity index (χ0n) is 53.8. The summed E-state index contributed by atoms with van der Waals surface area (Å²) in [7, 11) is 0. The van der Waals surface area contributed by atoms with Crippen LogP contribution in [0.25, 0.3) is 223 Å². The molecule has 0 nitrogen and oxygen atoms in total. The highest BCUT2D eigenvalue weighted by Crippen LogP contribution is 2.53. The monoisotopic (exact) mass is 1330 g/mol. The van der Waals surface area contributed by atoms with Crippen molar-refractivity contribution in [2.45, 2.75) is 0 Å². The van der Waals surface area contributed by atoms with E-state index in [4.69, 9.17) is 0 Å². The van der Waals surface area contributed by atoms with Gasteiger partial charge in [-0.3, -0.25) is 0 Å². The molecule has 0 aliphatic rings. The first kappa shape index (κ1) is 56.4. The summed E-state index contributed by atoms with van der Waals surface area (Å²) in [6, 6.07) is 125. The van der Waals surface area contributed by atoms with Crippen molar-refractivity contribution in [3.05, 3.63) is 328 Å². The van der Waals surface area contributed by atoms with Crippen molar-refractivity contribution in [3.63, 3.8) is 0 Å². The van der Waals surface area contributed by atoms with Gasteiger partial charge in [0, 0.05) is 91.8 Å². The topological polar surface area (TPSA) is 0 Å². The summed E-state index contributed by atoms with van der Waals surface area (Å²) in [5, 5.41) is 25.3. The fourth-order valence-electron chi connectivity index (χ4n) is 17.0. The average molecular weight is 1340 g/mol. The van der Waals surface area contributed by atoms with Crippen LogP contribution in [0.3, 0.4) is 0 Å². The minimum atomic E-state index is 1.20. The molecule has 100 heavy (non-hydrogen) atoms. The molecular weight excluding hydrogens is 1280 g/mol. The van der Waals surface area contributed by atoms with Crippen molar-refractivity contribution in [1.29, 1.82) is 0 Å². The van der Waals surface area contributed by atoms with E-state index < -0.39 is 0 Å². The number of benzene rings is 18. The Labute approximate surface area is 591 Å². The van der Waals surface area contributed by atoms with Crippen molar-refractivity contribution >= 4 is 191 Å². The quantitative estimate of drug-likeness (QED) is 0.140. The Morgan fingerprint density at radius 1 is 0.150 bits per heavy atom. The van der Waals surface area contributed by atoms with Crippen LogP contribution in [0.1, 0.15) is 0 Å². The molecule has 0 saturated carbocycles. The van der Waals surface area contributed by atoms with Gasteiger partial charge in [0.25, 0.3) is 0 Å². The van der Waals surface area contributed by atoms with E-state index in [0.29, 0.717) is 0 Å². The number of hydrogen-bond donors (Lipinski definition) is 0. The molecule has 0 radical (unpaired) electrons. The summed E-state index contributed by atoms with van der Waals surface area (Å²) in [6.07, 6.45) is 0. The van der Waals surface area contributed by atoms with Crippen LogP contribution in [0.5, 0.6) is 0 Å². The second kappa shape index (κ2) is 22.0. The molecule has 22 rings (SSSR count). The van der Waals surface area contributed by atoms with E-state index >= 15 is 0 Å². The van der Waals surface area contributed by atoms with Crippen LogP contribution in [-0.2, 0) is 0 Å². The molecule has 0 aliphatic heterocycles. The molecule has 4 heterocycles. The van der Waals surface area contributed by atoms with E-state index in [1.54, 1.807) is 0 Å². The van der Waals surface area contributed by atoms with E-state index in [2.05, 4.69) is 328 Å². The Bertz CT molecular complexity index is 7120. The highest BCUT2D eigenvalue weighted by Gasteiger charge is 2.25. The van der Waals surface area contributed by atoms with Gasteiger partial charge < -0.3 is 0 Å². The van der Waals surface area contributed by atoms with Gasteiger partial charge in [-0.05, 0) is 192 Å². The molecule has 0 amide bonds. The van der Waals surface area contributed by atoms with Crippen LogP contribution in [0.4, 0.5) is 0 Å². The Balaban J connectivity index is 0.752.